The second-order valence-electron chi connectivity index (χ2n) is 13.9. The second kappa shape index (κ2) is 12.4. The van der Waals surface area contributed by atoms with E-state index in [1.807, 2.05) is 18.2 Å². The van der Waals surface area contributed by atoms with Gasteiger partial charge in [-0.2, -0.15) is 0 Å². The zero-order chi connectivity index (χ0) is 34.6. The molecule has 248 valence electrons. The SMILES string of the molecule is O=C1c2c(-c3ccc(N(c4ccc(-c5ccccc5)cc4)c4ccc(-c5cccc6c5OC5CC=CC=C65)cc4)cc3)cccc2C2C=CC=CC12. The van der Waals surface area contributed by atoms with Gasteiger partial charge in [-0.05, 0) is 69.8 Å². The Morgan fingerprint density at radius 1 is 0.519 bits per heavy atom. The number of carbonyl (C=O) groups excluding carboxylic acids is 1. The Hall–Kier alpha value is -6.45. The minimum Gasteiger partial charge on any atom is -0.484 e. The van der Waals surface area contributed by atoms with Crippen molar-refractivity contribution < 1.29 is 9.53 Å². The molecule has 3 heteroatoms. The lowest BCUT2D eigenvalue weighted by atomic mass is 9.88. The summed E-state index contributed by atoms with van der Waals surface area (Å²) in [7, 11) is 0. The number of carbonyl (C=O) groups is 1. The Morgan fingerprint density at radius 2 is 1.10 bits per heavy atom. The van der Waals surface area contributed by atoms with Gasteiger partial charge in [0.2, 0.25) is 0 Å². The van der Waals surface area contributed by atoms with Crippen LogP contribution in [0.2, 0.25) is 0 Å². The topological polar surface area (TPSA) is 29.5 Å². The van der Waals surface area contributed by atoms with Crippen LogP contribution in [0, 0.1) is 5.92 Å². The van der Waals surface area contributed by atoms with Crippen LogP contribution in [0.15, 0.2) is 182 Å². The zero-order valence-electron chi connectivity index (χ0n) is 28.5. The van der Waals surface area contributed by atoms with Crippen molar-refractivity contribution in [1.82, 2.24) is 0 Å². The van der Waals surface area contributed by atoms with Gasteiger partial charge in [0.15, 0.2) is 5.78 Å². The highest BCUT2D eigenvalue weighted by atomic mass is 16.5. The van der Waals surface area contributed by atoms with E-state index in [1.165, 1.54) is 22.3 Å². The molecule has 0 spiro atoms. The van der Waals surface area contributed by atoms with Gasteiger partial charge in [-0.3, -0.25) is 4.79 Å². The summed E-state index contributed by atoms with van der Waals surface area (Å²) < 4.78 is 6.51. The summed E-state index contributed by atoms with van der Waals surface area (Å²) >= 11 is 0. The molecule has 6 aromatic rings. The summed E-state index contributed by atoms with van der Waals surface area (Å²) in [6.45, 7) is 0. The molecule has 3 aliphatic carbocycles. The van der Waals surface area contributed by atoms with Crippen LogP contribution >= 0.6 is 0 Å². The number of para-hydroxylation sites is 1. The second-order valence-corrected chi connectivity index (χ2v) is 13.9. The van der Waals surface area contributed by atoms with Gasteiger partial charge >= 0.3 is 0 Å². The number of anilines is 3. The Balaban J connectivity index is 1.02. The van der Waals surface area contributed by atoms with Crippen LogP contribution < -0.4 is 9.64 Å². The highest BCUT2D eigenvalue weighted by molar-refractivity contribution is 6.10. The smallest absolute Gasteiger partial charge is 0.171 e. The van der Waals surface area contributed by atoms with Gasteiger partial charge in [-0.25, -0.2) is 0 Å². The largest absolute Gasteiger partial charge is 0.484 e. The molecule has 3 nitrogen and oxygen atoms in total. The van der Waals surface area contributed by atoms with Gasteiger partial charge < -0.3 is 9.64 Å². The molecule has 1 heterocycles. The van der Waals surface area contributed by atoms with Crippen LogP contribution in [0.25, 0.3) is 39.0 Å². The van der Waals surface area contributed by atoms with Crippen molar-refractivity contribution in [2.45, 2.75) is 18.4 Å². The molecule has 3 unspecified atom stereocenters. The van der Waals surface area contributed by atoms with Gasteiger partial charge in [-0.1, -0.05) is 146 Å². The monoisotopic (exact) mass is 669 g/mol. The fourth-order valence-corrected chi connectivity index (χ4v) is 8.39. The number of Topliss-reactive ketones (excluding diaryl/α,β-unsaturated/α-hetero) is 1. The third-order valence-corrected chi connectivity index (χ3v) is 10.9. The van der Waals surface area contributed by atoms with Crippen LogP contribution in [0.1, 0.15) is 33.8 Å². The summed E-state index contributed by atoms with van der Waals surface area (Å²) in [5.74, 6) is 1.18. The molecule has 1 aliphatic heterocycles. The van der Waals surface area contributed by atoms with Gasteiger partial charge in [0.25, 0.3) is 0 Å². The minimum absolute atomic E-state index is 0.0885. The molecular weight excluding hydrogens is 635 g/mol. The van der Waals surface area contributed by atoms with Gasteiger partial charge in [0.05, 0.1) is 5.92 Å². The Morgan fingerprint density at radius 3 is 1.81 bits per heavy atom. The highest BCUT2D eigenvalue weighted by Gasteiger charge is 2.39. The van der Waals surface area contributed by atoms with Crippen molar-refractivity contribution in [3.63, 3.8) is 0 Å². The molecule has 0 bridgehead atoms. The van der Waals surface area contributed by atoms with Crippen molar-refractivity contribution in [3.8, 4) is 39.1 Å². The van der Waals surface area contributed by atoms with E-state index in [0.717, 1.165) is 62.6 Å². The number of benzene rings is 6. The Labute approximate surface area is 304 Å². The third-order valence-electron chi connectivity index (χ3n) is 10.9. The maximum absolute atomic E-state index is 13.7. The number of ether oxygens (including phenoxy) is 1. The number of fused-ring (bicyclic) bond motifs is 6. The van der Waals surface area contributed by atoms with E-state index in [-0.39, 0.29) is 23.7 Å². The fraction of sp³-hybridized carbons (Fsp3) is 0.0816. The van der Waals surface area contributed by atoms with Crippen molar-refractivity contribution >= 4 is 28.4 Å². The number of hydrogen-bond donors (Lipinski definition) is 0. The summed E-state index contributed by atoms with van der Waals surface area (Å²) in [4.78, 5) is 15.9. The summed E-state index contributed by atoms with van der Waals surface area (Å²) in [5, 5.41) is 0. The van der Waals surface area contributed by atoms with E-state index >= 15 is 0 Å². The number of nitrogens with zero attached hydrogens (tertiary/aromatic N) is 1. The molecule has 0 fully saturated rings. The van der Waals surface area contributed by atoms with Crippen molar-refractivity contribution in [3.05, 3.63) is 199 Å². The first kappa shape index (κ1) is 30.4. The lowest BCUT2D eigenvalue weighted by Gasteiger charge is -2.26. The lowest BCUT2D eigenvalue weighted by molar-refractivity contribution is 0.0955. The molecule has 0 radical (unpaired) electrons. The maximum atomic E-state index is 13.7. The maximum Gasteiger partial charge on any atom is 0.171 e. The molecule has 10 rings (SSSR count). The average Bonchev–Trinajstić information content (AvgIpc) is 3.74. The van der Waals surface area contributed by atoms with Gasteiger partial charge in [-0.15, -0.1) is 0 Å². The minimum atomic E-state index is -0.112. The highest BCUT2D eigenvalue weighted by Crippen LogP contribution is 2.48. The molecule has 0 N–H and O–H groups in total. The normalized spacial score (nSPS) is 19.0. The van der Waals surface area contributed by atoms with Crippen molar-refractivity contribution in [2.24, 2.45) is 5.92 Å². The molecule has 3 atom stereocenters. The van der Waals surface area contributed by atoms with Crippen LogP contribution in [0.4, 0.5) is 17.1 Å². The molecule has 4 aliphatic rings. The van der Waals surface area contributed by atoms with Crippen LogP contribution in [0.5, 0.6) is 5.75 Å². The molecule has 0 saturated carbocycles. The predicted molar refractivity (Wildman–Crippen MR) is 212 cm³/mol. The molecule has 0 aromatic heterocycles. The van der Waals surface area contributed by atoms with Gasteiger partial charge in [0, 0.05) is 51.7 Å². The molecular formula is C49H35NO2. The van der Waals surface area contributed by atoms with E-state index in [0.29, 0.717) is 0 Å². The number of rotatable bonds is 6. The average molecular weight is 670 g/mol. The summed E-state index contributed by atoms with van der Waals surface area (Å²) in [5.41, 5.74) is 14.2. The molecule has 0 saturated heterocycles. The predicted octanol–water partition coefficient (Wildman–Crippen LogP) is 12.3. The standard InChI is InChI=1S/C49H35NO2/c51-48-44-14-5-4-12-41(44)43-17-8-15-39(47(43)48)34-22-28-37(29-23-34)50(36-26-20-33(21-27-36)32-10-2-1-3-11-32)38-30-24-35(25-31-38)40-16-9-18-45-42-13-6-7-19-46(42)52-49(40)45/h1-18,20-31,41,44,46H,19H2. The van der Waals surface area contributed by atoms with E-state index in [1.54, 1.807) is 0 Å². The van der Waals surface area contributed by atoms with E-state index < -0.39 is 0 Å². The van der Waals surface area contributed by atoms with Crippen LogP contribution in [-0.2, 0) is 0 Å². The van der Waals surface area contributed by atoms with Crippen LogP contribution in [0.3, 0.4) is 0 Å². The lowest BCUT2D eigenvalue weighted by Crippen LogP contribution is -2.12. The Bertz CT molecular complexity index is 2470. The number of hydrogen-bond acceptors (Lipinski definition) is 3. The molecule has 52 heavy (non-hydrogen) atoms. The zero-order valence-corrected chi connectivity index (χ0v) is 28.5. The number of ketones is 1. The van der Waals surface area contributed by atoms with Crippen LogP contribution in [-0.4, -0.2) is 11.9 Å². The third kappa shape index (κ3) is 5.00. The number of allylic oxidation sites excluding steroid dienone is 6. The Kier molecular flexibility index (Phi) is 7.24. The first-order valence-corrected chi connectivity index (χ1v) is 18.1. The molecule has 6 aromatic carbocycles. The van der Waals surface area contributed by atoms with Gasteiger partial charge in [0.1, 0.15) is 11.9 Å². The summed E-state index contributed by atoms with van der Waals surface area (Å²) in [6, 6.07) is 49.4. The fourth-order valence-electron chi connectivity index (χ4n) is 8.39. The van der Waals surface area contributed by atoms with Crippen molar-refractivity contribution in [2.75, 3.05) is 4.90 Å². The van der Waals surface area contributed by atoms with E-state index in [9.17, 15) is 4.79 Å². The summed E-state index contributed by atoms with van der Waals surface area (Å²) in [6.07, 6.45) is 15.7. The quantitative estimate of drug-likeness (QED) is 0.177. The first-order valence-electron chi connectivity index (χ1n) is 18.1. The van der Waals surface area contributed by atoms with Crippen molar-refractivity contribution in [1.29, 1.82) is 0 Å². The molecule has 0 amide bonds. The van der Waals surface area contributed by atoms with E-state index in [2.05, 4.69) is 169 Å². The first-order chi connectivity index (χ1) is 25.7. The van der Waals surface area contributed by atoms with E-state index in [4.69, 9.17) is 4.74 Å².